The maximum Gasteiger partial charge on any atom is 0.328 e. The van der Waals surface area contributed by atoms with E-state index in [0.29, 0.717) is 5.56 Å². The van der Waals surface area contributed by atoms with Crippen LogP contribution in [-0.2, 0) is 73.6 Å². The maximum absolute atomic E-state index is 15.1. The molecule has 6 amide bonds. The van der Waals surface area contributed by atoms with Gasteiger partial charge in [-0.2, -0.15) is 0 Å². The highest BCUT2D eigenvalue weighted by molar-refractivity contribution is 5.96. The van der Waals surface area contributed by atoms with Gasteiger partial charge in [0.1, 0.15) is 36.3 Å². The molecule has 0 spiro atoms. The number of carbonyl (C=O) groups is 8. The highest BCUT2D eigenvalue weighted by atomic mass is 16.5. The van der Waals surface area contributed by atoms with Gasteiger partial charge in [-0.3, -0.25) is 28.8 Å². The van der Waals surface area contributed by atoms with E-state index in [2.05, 4.69) is 31.9 Å². The van der Waals surface area contributed by atoms with Gasteiger partial charge in [0, 0.05) is 38.3 Å². The lowest BCUT2D eigenvalue weighted by Gasteiger charge is -2.41. The fraction of sp³-hybridized carbons (Fsp3) is 0.527. The second-order valence-electron chi connectivity index (χ2n) is 21.3. The largest absolute Gasteiger partial charge is 0.467 e. The molecule has 1 fully saturated rings. The van der Waals surface area contributed by atoms with Gasteiger partial charge in [-0.15, -0.1) is 0 Å². The number of nitrogens with zero attached hydrogens (tertiary/aromatic N) is 2. The molecule has 9 atom stereocenters. The highest BCUT2D eigenvalue weighted by Crippen LogP contribution is 2.37. The highest BCUT2D eigenvalue weighted by Gasteiger charge is 2.47. The van der Waals surface area contributed by atoms with Gasteiger partial charge in [0.15, 0.2) is 0 Å². The molecule has 3 aromatic carbocycles. The summed E-state index contributed by atoms with van der Waals surface area (Å²) in [7, 11) is 5.76. The van der Waals surface area contributed by atoms with Gasteiger partial charge in [-0.05, 0) is 73.0 Å². The van der Waals surface area contributed by atoms with Crippen LogP contribution in [0.1, 0.15) is 95.5 Å². The van der Waals surface area contributed by atoms with Gasteiger partial charge in [0.2, 0.25) is 35.4 Å². The molecular weight excluding hydrogens is 933 g/mol. The predicted octanol–water partition coefficient (Wildman–Crippen LogP) is 2.70. The first-order valence-electron chi connectivity index (χ1n) is 24.9. The van der Waals surface area contributed by atoms with Crippen LogP contribution in [-0.4, -0.2) is 140 Å². The summed E-state index contributed by atoms with van der Waals surface area (Å²) in [5.41, 5.74) is 2.15. The summed E-state index contributed by atoms with van der Waals surface area (Å²) in [6.07, 6.45) is 0.462. The van der Waals surface area contributed by atoms with Crippen LogP contribution in [0.5, 0.6) is 0 Å². The molecule has 2 heterocycles. The molecule has 0 bridgehead atoms. The van der Waals surface area contributed by atoms with E-state index in [0.717, 1.165) is 22.3 Å². The summed E-state index contributed by atoms with van der Waals surface area (Å²) >= 11 is 0. The zero-order valence-electron chi connectivity index (χ0n) is 44.4. The zero-order valence-corrected chi connectivity index (χ0v) is 44.4. The number of hydrogen-bond acceptors (Lipinski definition) is 12. The number of likely N-dealkylation sites (tertiary alicyclic amines) is 1. The molecule has 3 aromatic rings. The Labute approximate surface area is 429 Å². The van der Waals surface area contributed by atoms with E-state index in [1.54, 1.807) is 27.9 Å². The van der Waals surface area contributed by atoms with E-state index in [4.69, 9.17) is 9.47 Å². The standard InChI is InChI=1S/C55H76N8O10/c1-32(56-9)46(64)60-44(54(3,4)5)50(68)62-30-38-27-36(23-24-37(38)28-42(62)48(66)58-40(52(70)72-11)25-34-19-15-13-16-20-34)39-29-43(49(67)59-41(53(71)73-12)26-35-21-17-14-18-22-35)63(31-39)51(69)45(55(6,7)8)61-47(65)33(2)57-10/h13-24,27,32-33,39-45,56-57H,25-26,28-31H2,1-12H3,(H,58,66)(H,59,67)(H,60,64)(H,61,65)/t32-,33-,39-,40-,41-,42-,43-,44+,45+/m0/s1. The number of hydrogen-bond donors (Lipinski definition) is 6. The number of esters is 2. The van der Waals surface area contributed by atoms with E-state index in [-0.39, 0.29) is 38.8 Å². The van der Waals surface area contributed by atoms with Crippen LogP contribution >= 0.6 is 0 Å². The second-order valence-corrected chi connectivity index (χ2v) is 21.3. The SMILES string of the molecule is CN[C@@H](C)C(=O)N[C@H](C(=O)N1Cc2cc([C@H]3C[C@@H](C(=O)N[C@@H](Cc4ccccc4)C(=O)OC)N(C(=O)[C@@H](NC(=O)[C@H](C)NC)C(C)(C)C)C3)ccc2C[C@H]1C(=O)N[C@@H](Cc1ccccc1)C(=O)OC)C(C)(C)C. The Morgan fingerprint density at radius 1 is 0.589 bits per heavy atom. The number of likely N-dealkylation sites (N-methyl/N-ethyl adjacent to an activating group) is 2. The lowest BCUT2D eigenvalue weighted by atomic mass is 9.83. The quantitative estimate of drug-likeness (QED) is 0.0953. The monoisotopic (exact) mass is 1010 g/mol. The predicted molar refractivity (Wildman–Crippen MR) is 275 cm³/mol. The summed E-state index contributed by atoms with van der Waals surface area (Å²) in [6.45, 7) is 14.3. The Morgan fingerprint density at radius 2 is 1.03 bits per heavy atom. The lowest BCUT2D eigenvalue weighted by molar-refractivity contribution is -0.149. The Morgan fingerprint density at radius 3 is 1.45 bits per heavy atom. The number of amides is 6. The first-order valence-corrected chi connectivity index (χ1v) is 24.9. The van der Waals surface area contributed by atoms with E-state index in [1.807, 2.05) is 120 Å². The van der Waals surface area contributed by atoms with E-state index >= 15 is 4.79 Å². The summed E-state index contributed by atoms with van der Waals surface area (Å²) < 4.78 is 10.2. The molecule has 18 nitrogen and oxygen atoms in total. The lowest BCUT2D eigenvalue weighted by Crippen LogP contribution is -2.62. The van der Waals surface area contributed by atoms with Crippen LogP contribution in [0.4, 0.5) is 0 Å². The number of rotatable bonds is 19. The van der Waals surface area contributed by atoms with Crippen LogP contribution in [0.15, 0.2) is 78.9 Å². The number of ether oxygens (including phenoxy) is 2. The minimum absolute atomic E-state index is 0.0543. The third-order valence-corrected chi connectivity index (χ3v) is 13.9. The van der Waals surface area contributed by atoms with Crippen molar-refractivity contribution in [2.24, 2.45) is 10.8 Å². The fourth-order valence-corrected chi connectivity index (χ4v) is 9.23. The van der Waals surface area contributed by atoms with Crippen LogP contribution < -0.4 is 31.9 Å². The second kappa shape index (κ2) is 24.8. The first kappa shape index (κ1) is 57.2. The molecule has 73 heavy (non-hydrogen) atoms. The maximum atomic E-state index is 15.1. The molecular formula is C55H76N8O10. The van der Waals surface area contributed by atoms with Gasteiger partial charge in [-0.1, -0.05) is 120 Å². The third kappa shape index (κ3) is 14.5. The van der Waals surface area contributed by atoms with Crippen molar-refractivity contribution in [1.29, 1.82) is 0 Å². The molecule has 6 N–H and O–H groups in total. The van der Waals surface area contributed by atoms with Gasteiger partial charge < -0.3 is 51.2 Å². The van der Waals surface area contributed by atoms with Crippen molar-refractivity contribution in [3.63, 3.8) is 0 Å². The van der Waals surface area contributed by atoms with Crippen LogP contribution in [0.2, 0.25) is 0 Å². The number of fused-ring (bicyclic) bond motifs is 1. The third-order valence-electron chi connectivity index (χ3n) is 13.9. The number of carbonyl (C=O) groups excluding carboxylic acids is 8. The molecule has 18 heteroatoms. The summed E-state index contributed by atoms with van der Waals surface area (Å²) in [6, 6.07) is 16.3. The van der Waals surface area contributed by atoms with E-state index in [9.17, 15) is 33.6 Å². The zero-order chi connectivity index (χ0) is 53.9. The molecule has 2 aliphatic heterocycles. The number of nitrogens with one attached hydrogen (secondary N) is 6. The number of benzene rings is 3. The Hall–Kier alpha value is -6.66. The molecule has 396 valence electrons. The normalized spacial score (nSPS) is 19.2. The average molecular weight is 1010 g/mol. The molecule has 1 saturated heterocycles. The van der Waals surface area contributed by atoms with Crippen molar-refractivity contribution in [3.8, 4) is 0 Å². The van der Waals surface area contributed by atoms with E-state index in [1.165, 1.54) is 24.0 Å². The van der Waals surface area contributed by atoms with Crippen molar-refractivity contribution in [2.75, 3.05) is 34.9 Å². The first-order chi connectivity index (χ1) is 34.4. The average Bonchev–Trinajstić information content (AvgIpc) is 3.83. The minimum atomic E-state index is -1.11. The Kier molecular flexibility index (Phi) is 19.5. The van der Waals surface area contributed by atoms with Crippen molar-refractivity contribution in [2.45, 2.75) is 142 Å². The summed E-state index contributed by atoms with van der Waals surface area (Å²) in [5.74, 6) is -4.72. The van der Waals surface area contributed by atoms with Crippen molar-refractivity contribution in [1.82, 2.24) is 41.7 Å². The topological polar surface area (TPSA) is 234 Å². The van der Waals surface area contributed by atoms with E-state index < -0.39 is 112 Å². The van der Waals surface area contributed by atoms with Crippen molar-refractivity contribution >= 4 is 47.4 Å². The van der Waals surface area contributed by atoms with Crippen LogP contribution in [0.25, 0.3) is 0 Å². The molecule has 2 aliphatic rings. The van der Waals surface area contributed by atoms with Gasteiger partial charge >= 0.3 is 11.9 Å². The van der Waals surface area contributed by atoms with Gasteiger partial charge in [0.25, 0.3) is 0 Å². The Balaban J connectivity index is 1.55. The summed E-state index contributed by atoms with van der Waals surface area (Å²) in [5, 5.41) is 17.4. The summed E-state index contributed by atoms with van der Waals surface area (Å²) in [4.78, 5) is 115. The van der Waals surface area contributed by atoms with Gasteiger partial charge in [-0.25, -0.2) is 9.59 Å². The fourth-order valence-electron chi connectivity index (χ4n) is 9.23. The van der Waals surface area contributed by atoms with Crippen LogP contribution in [0, 0.1) is 10.8 Å². The Bertz CT molecular complexity index is 2460. The van der Waals surface area contributed by atoms with Crippen molar-refractivity contribution in [3.05, 3.63) is 107 Å². The molecule has 0 saturated carbocycles. The molecule has 0 aromatic heterocycles. The minimum Gasteiger partial charge on any atom is -0.467 e. The number of methoxy groups -OCH3 is 2. The molecule has 0 unspecified atom stereocenters. The molecule has 0 radical (unpaired) electrons. The van der Waals surface area contributed by atoms with Crippen molar-refractivity contribution < 1.29 is 47.8 Å². The molecule has 5 rings (SSSR count). The smallest absolute Gasteiger partial charge is 0.328 e. The van der Waals surface area contributed by atoms with Gasteiger partial charge in [0.05, 0.1) is 26.3 Å². The van der Waals surface area contributed by atoms with Crippen LogP contribution in [0.3, 0.4) is 0 Å². The molecule has 0 aliphatic carbocycles.